The summed E-state index contributed by atoms with van der Waals surface area (Å²) in [7, 11) is 1.66. The molecule has 1 aromatic heterocycles. The van der Waals surface area contributed by atoms with Gasteiger partial charge in [-0.1, -0.05) is 0 Å². The lowest BCUT2D eigenvalue weighted by molar-refractivity contribution is 0.179. The van der Waals surface area contributed by atoms with E-state index >= 15 is 0 Å². The highest BCUT2D eigenvalue weighted by Gasteiger charge is 2.03. The number of rotatable bonds is 6. The van der Waals surface area contributed by atoms with E-state index in [0.29, 0.717) is 19.1 Å². The first-order chi connectivity index (χ1) is 8.26. The molecule has 1 rings (SSSR count). The molecule has 0 saturated heterocycles. The monoisotopic (exact) mass is 257 g/mol. The second-order valence-corrected chi connectivity index (χ2v) is 4.53. The van der Waals surface area contributed by atoms with Gasteiger partial charge in [0, 0.05) is 37.7 Å². The van der Waals surface area contributed by atoms with Crippen molar-refractivity contribution >= 4 is 17.3 Å². The third kappa shape index (κ3) is 5.62. The van der Waals surface area contributed by atoms with Crippen molar-refractivity contribution in [1.82, 2.24) is 15.7 Å². The molecule has 96 valence electrons. The molecule has 0 fully saturated rings. The van der Waals surface area contributed by atoms with Crippen LogP contribution in [0.2, 0.25) is 0 Å². The quantitative estimate of drug-likeness (QED) is 0.292. The third-order valence-corrected chi connectivity index (χ3v) is 2.85. The van der Waals surface area contributed by atoms with Crippen molar-refractivity contribution in [3.05, 3.63) is 16.6 Å². The van der Waals surface area contributed by atoms with Crippen LogP contribution >= 0.6 is 11.3 Å². The number of aliphatic imine (C=N–C) groups is 1. The Morgan fingerprint density at radius 3 is 3.12 bits per heavy atom. The maximum absolute atomic E-state index is 5.38. The van der Waals surface area contributed by atoms with E-state index in [1.54, 1.807) is 24.6 Å². The summed E-state index contributed by atoms with van der Waals surface area (Å²) in [5.74, 6) is 5.95. The number of hydrogen-bond donors (Lipinski definition) is 3. The summed E-state index contributed by atoms with van der Waals surface area (Å²) in [6, 6.07) is 0.162. The molecule has 0 spiro atoms. The highest BCUT2D eigenvalue weighted by molar-refractivity contribution is 7.09. The van der Waals surface area contributed by atoms with E-state index in [1.165, 1.54) is 0 Å². The van der Waals surface area contributed by atoms with Crippen molar-refractivity contribution in [2.75, 3.05) is 20.3 Å². The summed E-state index contributed by atoms with van der Waals surface area (Å²) in [5, 5.41) is 6.16. The van der Waals surface area contributed by atoms with Crippen LogP contribution in [-0.4, -0.2) is 37.2 Å². The molecule has 7 heteroatoms. The van der Waals surface area contributed by atoms with Crippen molar-refractivity contribution in [2.45, 2.75) is 19.4 Å². The Hall–Kier alpha value is -1.18. The fraction of sp³-hybridized carbons (Fsp3) is 0.600. The number of guanidine groups is 1. The zero-order valence-electron chi connectivity index (χ0n) is 10.1. The molecule has 1 aromatic rings. The molecular formula is C10H19N5OS. The average molecular weight is 257 g/mol. The van der Waals surface area contributed by atoms with Gasteiger partial charge in [0.2, 0.25) is 5.96 Å². The van der Waals surface area contributed by atoms with Crippen LogP contribution in [0.25, 0.3) is 0 Å². The Labute approximate surface area is 105 Å². The minimum atomic E-state index is 0.162. The Bertz CT molecular complexity index is 327. The van der Waals surface area contributed by atoms with Crippen LogP contribution in [0.15, 0.2) is 16.6 Å². The molecule has 0 aliphatic rings. The highest BCUT2D eigenvalue weighted by Crippen LogP contribution is 2.04. The number of hydrogen-bond acceptors (Lipinski definition) is 5. The molecule has 0 radical (unpaired) electrons. The number of ether oxygens (including phenoxy) is 1. The van der Waals surface area contributed by atoms with E-state index in [4.69, 9.17) is 10.6 Å². The Morgan fingerprint density at radius 2 is 2.53 bits per heavy atom. The Balaban J connectivity index is 2.33. The van der Waals surface area contributed by atoms with Gasteiger partial charge in [0.05, 0.1) is 11.6 Å². The summed E-state index contributed by atoms with van der Waals surface area (Å²) < 4.78 is 5.02. The second-order valence-electron chi connectivity index (χ2n) is 3.55. The number of nitrogens with one attached hydrogen (secondary N) is 2. The summed E-state index contributed by atoms with van der Waals surface area (Å²) in [4.78, 5) is 8.51. The Morgan fingerprint density at radius 1 is 1.71 bits per heavy atom. The van der Waals surface area contributed by atoms with Gasteiger partial charge in [-0.2, -0.15) is 0 Å². The number of aromatic nitrogens is 1. The van der Waals surface area contributed by atoms with Gasteiger partial charge in [0.15, 0.2) is 0 Å². The zero-order chi connectivity index (χ0) is 12.5. The van der Waals surface area contributed by atoms with Crippen LogP contribution in [0.5, 0.6) is 0 Å². The molecule has 1 heterocycles. The van der Waals surface area contributed by atoms with Gasteiger partial charge in [-0.05, 0) is 6.92 Å². The minimum Gasteiger partial charge on any atom is -0.383 e. The van der Waals surface area contributed by atoms with E-state index in [0.717, 1.165) is 11.4 Å². The highest BCUT2D eigenvalue weighted by atomic mass is 32.1. The molecule has 0 aliphatic carbocycles. The van der Waals surface area contributed by atoms with Crippen LogP contribution in [0.3, 0.4) is 0 Å². The van der Waals surface area contributed by atoms with E-state index in [2.05, 4.69) is 20.7 Å². The van der Waals surface area contributed by atoms with Crippen LogP contribution in [0.1, 0.15) is 11.9 Å². The molecule has 0 aromatic carbocycles. The van der Waals surface area contributed by atoms with Gasteiger partial charge >= 0.3 is 0 Å². The lowest BCUT2D eigenvalue weighted by atomic mass is 10.4. The summed E-state index contributed by atoms with van der Waals surface area (Å²) in [5.41, 5.74) is 2.54. The second kappa shape index (κ2) is 7.99. The van der Waals surface area contributed by atoms with Gasteiger partial charge in [-0.25, -0.2) is 10.8 Å². The maximum atomic E-state index is 5.38. The first-order valence-corrected chi connectivity index (χ1v) is 6.29. The fourth-order valence-corrected chi connectivity index (χ4v) is 1.91. The molecule has 0 bridgehead atoms. The van der Waals surface area contributed by atoms with Crippen LogP contribution in [0.4, 0.5) is 0 Å². The van der Waals surface area contributed by atoms with Gasteiger partial charge in [0.25, 0.3) is 0 Å². The zero-order valence-corrected chi connectivity index (χ0v) is 11.0. The number of nitrogens with zero attached hydrogens (tertiary/aromatic N) is 2. The molecule has 4 N–H and O–H groups in total. The maximum Gasteiger partial charge on any atom is 0.206 e. The molecule has 6 nitrogen and oxygen atoms in total. The normalized spacial score (nSPS) is 13.5. The Kier molecular flexibility index (Phi) is 6.53. The van der Waals surface area contributed by atoms with Gasteiger partial charge in [0.1, 0.15) is 0 Å². The predicted octanol–water partition coefficient (Wildman–Crippen LogP) is 0.129. The minimum absolute atomic E-state index is 0.162. The summed E-state index contributed by atoms with van der Waals surface area (Å²) in [6.45, 7) is 3.25. The number of methoxy groups -OCH3 is 1. The van der Waals surface area contributed by atoms with E-state index < -0.39 is 0 Å². The lowest BCUT2D eigenvalue weighted by Crippen LogP contribution is -2.47. The standard InChI is InChI=1S/C10H19N5OS/c1-8(7-16-2)14-10(15-11)13-4-3-9-12-5-6-17-9/h5-6,8H,3-4,7,11H2,1-2H3,(H2,13,14,15). The topological polar surface area (TPSA) is 84.6 Å². The average Bonchev–Trinajstić information content (AvgIpc) is 2.81. The molecule has 0 aliphatic heterocycles. The molecule has 0 amide bonds. The van der Waals surface area contributed by atoms with E-state index in [-0.39, 0.29) is 6.04 Å². The van der Waals surface area contributed by atoms with Gasteiger partial charge < -0.3 is 10.1 Å². The van der Waals surface area contributed by atoms with Gasteiger partial charge in [-0.15, -0.1) is 11.3 Å². The lowest BCUT2D eigenvalue weighted by Gasteiger charge is -2.15. The van der Waals surface area contributed by atoms with Crippen LogP contribution in [0, 0.1) is 0 Å². The smallest absolute Gasteiger partial charge is 0.206 e. The van der Waals surface area contributed by atoms with Gasteiger partial charge in [-0.3, -0.25) is 10.4 Å². The summed E-state index contributed by atoms with van der Waals surface area (Å²) in [6.07, 6.45) is 2.62. The molecule has 17 heavy (non-hydrogen) atoms. The first kappa shape index (κ1) is 13.9. The molecule has 1 atom stereocenters. The number of thiazole rings is 1. The molecular weight excluding hydrogens is 238 g/mol. The number of nitrogens with two attached hydrogens (primary N) is 1. The third-order valence-electron chi connectivity index (χ3n) is 2.02. The fourth-order valence-electron chi connectivity index (χ4n) is 1.30. The van der Waals surface area contributed by atoms with E-state index in [9.17, 15) is 0 Å². The van der Waals surface area contributed by atoms with Crippen molar-refractivity contribution in [3.8, 4) is 0 Å². The SMILES string of the molecule is COCC(C)NC(=NCCc1nccs1)NN. The van der Waals surface area contributed by atoms with Crippen LogP contribution in [-0.2, 0) is 11.2 Å². The van der Waals surface area contributed by atoms with Crippen molar-refractivity contribution in [2.24, 2.45) is 10.8 Å². The first-order valence-electron chi connectivity index (χ1n) is 5.41. The predicted molar refractivity (Wildman–Crippen MR) is 69.9 cm³/mol. The molecule has 0 saturated carbocycles. The van der Waals surface area contributed by atoms with E-state index in [1.807, 2.05) is 12.3 Å². The number of hydrazine groups is 1. The summed E-state index contributed by atoms with van der Waals surface area (Å²) >= 11 is 1.63. The largest absolute Gasteiger partial charge is 0.383 e. The van der Waals surface area contributed by atoms with Crippen molar-refractivity contribution in [1.29, 1.82) is 0 Å². The van der Waals surface area contributed by atoms with Crippen molar-refractivity contribution < 1.29 is 4.74 Å². The molecule has 1 unspecified atom stereocenters. The van der Waals surface area contributed by atoms with Crippen molar-refractivity contribution in [3.63, 3.8) is 0 Å². The van der Waals surface area contributed by atoms with Crippen LogP contribution < -0.4 is 16.6 Å².